The van der Waals surface area contributed by atoms with Crippen molar-refractivity contribution < 1.29 is 4.74 Å². The van der Waals surface area contributed by atoms with Crippen molar-refractivity contribution in [2.45, 2.75) is 39.0 Å². The van der Waals surface area contributed by atoms with Crippen LogP contribution in [0.2, 0.25) is 0 Å². The van der Waals surface area contributed by atoms with Gasteiger partial charge in [-0.1, -0.05) is 30.3 Å². The molecule has 1 atom stereocenters. The molecule has 0 amide bonds. The number of nitrogens with zero attached hydrogens (tertiary/aromatic N) is 5. The Kier molecular flexibility index (Phi) is 4.73. The number of fused-ring (bicyclic) bond motifs is 2. The molecular weight excluding hydrogens is 384 g/mol. The van der Waals surface area contributed by atoms with Crippen LogP contribution in [-0.2, 0) is 17.9 Å². The van der Waals surface area contributed by atoms with Crippen LogP contribution in [0.25, 0.3) is 20.7 Å². The van der Waals surface area contributed by atoms with Gasteiger partial charge in [0.15, 0.2) is 5.82 Å². The Hall–Kier alpha value is -2.84. The van der Waals surface area contributed by atoms with Crippen molar-refractivity contribution in [1.82, 2.24) is 24.7 Å². The summed E-state index contributed by atoms with van der Waals surface area (Å²) in [6, 6.07) is 12.6. The van der Waals surface area contributed by atoms with E-state index in [1.807, 2.05) is 17.7 Å². The number of methoxy groups -OCH3 is 1. The Labute approximate surface area is 172 Å². The standard InChI is InChI=1S/C21H22N6OS/c1-13-22-19(15-11-17(29-21(15)23-13)14-7-4-3-5-8-14)24-16-9-6-10-27-20(16)25-18(26-27)12-28-2/h3-5,7-8,11,16H,6,9-10,12H2,1-2H3,(H,22,23,24). The van der Waals surface area contributed by atoms with Crippen LogP contribution in [-0.4, -0.2) is 31.8 Å². The van der Waals surface area contributed by atoms with Gasteiger partial charge in [0.2, 0.25) is 0 Å². The molecule has 1 aromatic carbocycles. The van der Waals surface area contributed by atoms with Crippen molar-refractivity contribution in [3.63, 3.8) is 0 Å². The third kappa shape index (κ3) is 3.49. The van der Waals surface area contributed by atoms with Crippen molar-refractivity contribution in [1.29, 1.82) is 0 Å². The average molecular weight is 407 g/mol. The number of aromatic nitrogens is 5. The summed E-state index contributed by atoms with van der Waals surface area (Å²) < 4.78 is 7.19. The van der Waals surface area contributed by atoms with Crippen LogP contribution in [0.15, 0.2) is 36.4 Å². The molecule has 1 unspecified atom stereocenters. The lowest BCUT2D eigenvalue weighted by atomic mass is 10.1. The molecule has 0 saturated carbocycles. The van der Waals surface area contributed by atoms with E-state index in [1.54, 1.807) is 18.4 Å². The zero-order chi connectivity index (χ0) is 19.8. The number of rotatable bonds is 5. The highest BCUT2D eigenvalue weighted by atomic mass is 32.1. The van der Waals surface area contributed by atoms with Gasteiger partial charge in [0.1, 0.15) is 28.9 Å². The zero-order valence-electron chi connectivity index (χ0n) is 16.4. The summed E-state index contributed by atoms with van der Waals surface area (Å²) in [5.41, 5.74) is 1.20. The van der Waals surface area contributed by atoms with Gasteiger partial charge >= 0.3 is 0 Å². The van der Waals surface area contributed by atoms with Gasteiger partial charge in [0.05, 0.1) is 11.4 Å². The molecule has 0 bridgehead atoms. The third-order valence-electron chi connectivity index (χ3n) is 5.07. The predicted molar refractivity (Wildman–Crippen MR) is 114 cm³/mol. The van der Waals surface area contributed by atoms with Gasteiger partial charge in [-0.3, -0.25) is 0 Å². The number of benzene rings is 1. The van der Waals surface area contributed by atoms with E-state index in [1.165, 1.54) is 10.4 Å². The lowest BCUT2D eigenvalue weighted by molar-refractivity contribution is 0.177. The minimum Gasteiger partial charge on any atom is -0.377 e. The van der Waals surface area contributed by atoms with E-state index >= 15 is 0 Å². The van der Waals surface area contributed by atoms with E-state index in [-0.39, 0.29) is 6.04 Å². The fourth-order valence-corrected chi connectivity index (χ4v) is 4.86. The molecule has 0 saturated heterocycles. The van der Waals surface area contributed by atoms with Crippen LogP contribution in [0.1, 0.15) is 36.4 Å². The molecule has 8 heteroatoms. The topological polar surface area (TPSA) is 77.8 Å². The van der Waals surface area contributed by atoms with E-state index in [2.05, 4.69) is 45.7 Å². The Morgan fingerprint density at radius 2 is 2.07 bits per heavy atom. The first-order valence-corrected chi connectivity index (χ1v) is 10.6. The van der Waals surface area contributed by atoms with E-state index in [0.717, 1.165) is 52.9 Å². The van der Waals surface area contributed by atoms with E-state index in [4.69, 9.17) is 14.7 Å². The first kappa shape index (κ1) is 18.2. The lowest BCUT2D eigenvalue weighted by Gasteiger charge is -2.23. The monoisotopic (exact) mass is 406 g/mol. The maximum atomic E-state index is 5.20. The van der Waals surface area contributed by atoms with Gasteiger partial charge in [0, 0.05) is 18.5 Å². The Morgan fingerprint density at radius 1 is 1.21 bits per heavy atom. The molecule has 1 aliphatic rings. The summed E-state index contributed by atoms with van der Waals surface area (Å²) in [5, 5.41) is 9.25. The molecule has 29 heavy (non-hydrogen) atoms. The van der Waals surface area contributed by atoms with Gasteiger partial charge in [-0.2, -0.15) is 5.10 Å². The number of thiophene rings is 1. The molecule has 4 aromatic rings. The average Bonchev–Trinajstić information content (AvgIpc) is 3.33. The number of anilines is 1. The molecule has 1 N–H and O–H groups in total. The molecule has 0 spiro atoms. The summed E-state index contributed by atoms with van der Waals surface area (Å²) in [7, 11) is 1.66. The van der Waals surface area contributed by atoms with Crippen molar-refractivity contribution in [2.75, 3.05) is 12.4 Å². The number of hydrogen-bond donors (Lipinski definition) is 1. The van der Waals surface area contributed by atoms with Crippen molar-refractivity contribution in [2.24, 2.45) is 0 Å². The number of aryl methyl sites for hydroxylation is 2. The lowest BCUT2D eigenvalue weighted by Crippen LogP contribution is -2.23. The summed E-state index contributed by atoms with van der Waals surface area (Å²) in [6.07, 6.45) is 2.04. The van der Waals surface area contributed by atoms with Gasteiger partial charge in [0.25, 0.3) is 0 Å². The molecule has 148 valence electrons. The molecule has 1 aliphatic heterocycles. The second kappa shape index (κ2) is 7.53. The largest absolute Gasteiger partial charge is 0.377 e. The van der Waals surface area contributed by atoms with E-state index in [0.29, 0.717) is 6.61 Å². The summed E-state index contributed by atoms with van der Waals surface area (Å²) in [5.74, 6) is 3.30. The second-order valence-corrected chi connectivity index (χ2v) is 8.23. The molecule has 0 radical (unpaired) electrons. The molecular formula is C21H22N6OS. The van der Waals surface area contributed by atoms with Crippen molar-refractivity contribution in [3.05, 3.63) is 53.9 Å². The SMILES string of the molecule is COCc1nc2n(n1)CCCC2Nc1nc(C)nc2sc(-c3ccccc3)cc12. The smallest absolute Gasteiger partial charge is 0.176 e. The van der Waals surface area contributed by atoms with Crippen LogP contribution in [0.3, 0.4) is 0 Å². The minimum absolute atomic E-state index is 0.0689. The fraction of sp³-hybridized carbons (Fsp3) is 0.333. The first-order chi connectivity index (χ1) is 14.2. The molecule has 4 heterocycles. The van der Waals surface area contributed by atoms with E-state index < -0.39 is 0 Å². The van der Waals surface area contributed by atoms with Crippen LogP contribution < -0.4 is 5.32 Å². The highest BCUT2D eigenvalue weighted by molar-refractivity contribution is 7.21. The van der Waals surface area contributed by atoms with E-state index in [9.17, 15) is 0 Å². The predicted octanol–water partition coefficient (Wildman–Crippen LogP) is 4.35. The van der Waals surface area contributed by atoms with Crippen LogP contribution in [0.5, 0.6) is 0 Å². The quantitative estimate of drug-likeness (QED) is 0.531. The third-order valence-corrected chi connectivity index (χ3v) is 6.14. The molecule has 0 aliphatic carbocycles. The highest BCUT2D eigenvalue weighted by Gasteiger charge is 2.25. The molecule has 3 aromatic heterocycles. The molecule has 0 fully saturated rings. The van der Waals surface area contributed by atoms with Crippen molar-refractivity contribution >= 4 is 27.4 Å². The minimum atomic E-state index is 0.0689. The Bertz CT molecular complexity index is 1150. The summed E-state index contributed by atoms with van der Waals surface area (Å²) in [4.78, 5) is 16.3. The van der Waals surface area contributed by atoms with Gasteiger partial charge < -0.3 is 10.1 Å². The maximum absolute atomic E-state index is 5.20. The zero-order valence-corrected chi connectivity index (χ0v) is 17.2. The second-order valence-electron chi connectivity index (χ2n) is 7.20. The highest BCUT2D eigenvalue weighted by Crippen LogP contribution is 2.37. The van der Waals surface area contributed by atoms with Crippen LogP contribution >= 0.6 is 11.3 Å². The summed E-state index contributed by atoms with van der Waals surface area (Å²) >= 11 is 1.70. The van der Waals surface area contributed by atoms with Crippen LogP contribution in [0.4, 0.5) is 5.82 Å². The Morgan fingerprint density at radius 3 is 2.90 bits per heavy atom. The van der Waals surface area contributed by atoms with Crippen molar-refractivity contribution in [3.8, 4) is 10.4 Å². The number of hydrogen-bond acceptors (Lipinski definition) is 7. The van der Waals surface area contributed by atoms with Gasteiger partial charge in [-0.25, -0.2) is 19.6 Å². The first-order valence-electron chi connectivity index (χ1n) is 9.74. The molecule has 7 nitrogen and oxygen atoms in total. The normalized spacial score (nSPS) is 16.1. The Balaban J connectivity index is 1.52. The molecule has 5 rings (SSSR count). The van der Waals surface area contributed by atoms with Crippen LogP contribution in [0, 0.1) is 6.92 Å². The fourth-order valence-electron chi connectivity index (χ4n) is 3.77. The number of ether oxygens (including phenoxy) is 1. The number of nitrogens with one attached hydrogen (secondary N) is 1. The van der Waals surface area contributed by atoms with Gasteiger partial charge in [-0.05, 0) is 31.4 Å². The summed E-state index contributed by atoms with van der Waals surface area (Å²) in [6.45, 7) is 3.25. The van der Waals surface area contributed by atoms with Gasteiger partial charge in [-0.15, -0.1) is 11.3 Å². The maximum Gasteiger partial charge on any atom is 0.176 e.